The summed E-state index contributed by atoms with van der Waals surface area (Å²) >= 11 is 0. The first-order chi connectivity index (χ1) is 6.06. The van der Waals surface area contributed by atoms with Crippen molar-refractivity contribution in [3.63, 3.8) is 0 Å². The Labute approximate surface area is 80.0 Å². The van der Waals surface area contributed by atoms with Crippen LogP contribution in [-0.4, -0.2) is 7.11 Å². The van der Waals surface area contributed by atoms with Crippen LogP contribution in [0.4, 0.5) is 0 Å². The minimum Gasteiger partial charge on any atom is -0.496 e. The van der Waals surface area contributed by atoms with E-state index in [9.17, 15) is 0 Å². The molecule has 0 atom stereocenters. The molecule has 0 spiro atoms. The van der Waals surface area contributed by atoms with Crippen molar-refractivity contribution in [2.24, 2.45) is 0 Å². The normalized spacial score (nSPS) is 9.85. The lowest BCUT2D eigenvalue weighted by molar-refractivity contribution is 0.410. The maximum Gasteiger partial charge on any atom is 0.129 e. The van der Waals surface area contributed by atoms with Gasteiger partial charge in [0, 0.05) is 5.56 Å². The average Bonchev–Trinajstić information content (AvgIpc) is 2.02. The van der Waals surface area contributed by atoms with E-state index in [0.717, 1.165) is 16.9 Å². The van der Waals surface area contributed by atoms with Crippen LogP contribution in [0.5, 0.6) is 5.75 Å². The second kappa shape index (κ2) is 3.65. The molecular weight excluding hydrogens is 160 g/mol. The minimum atomic E-state index is 0.943. The molecule has 0 aliphatic heterocycles. The van der Waals surface area contributed by atoms with Crippen molar-refractivity contribution in [3.8, 4) is 5.75 Å². The van der Waals surface area contributed by atoms with Crippen LogP contribution in [0.25, 0.3) is 5.57 Å². The number of benzene rings is 1. The van der Waals surface area contributed by atoms with E-state index < -0.39 is 0 Å². The van der Waals surface area contributed by atoms with Crippen molar-refractivity contribution < 1.29 is 4.74 Å². The van der Waals surface area contributed by atoms with Crippen molar-refractivity contribution in [1.29, 1.82) is 0 Å². The third-order valence-corrected chi connectivity index (χ3v) is 2.08. The zero-order valence-corrected chi connectivity index (χ0v) is 8.77. The molecule has 0 saturated carbocycles. The highest BCUT2D eigenvalue weighted by Gasteiger charge is 2.07. The molecule has 0 bridgehead atoms. The average molecular weight is 176 g/mol. The molecule has 0 N–H and O–H groups in total. The Morgan fingerprint density at radius 2 is 1.92 bits per heavy atom. The molecule has 0 saturated heterocycles. The molecule has 1 aromatic rings. The van der Waals surface area contributed by atoms with E-state index in [0.29, 0.717) is 0 Å². The van der Waals surface area contributed by atoms with E-state index in [-0.39, 0.29) is 0 Å². The van der Waals surface area contributed by atoms with Gasteiger partial charge in [-0.25, -0.2) is 0 Å². The number of rotatable bonds is 2. The molecule has 0 aliphatic carbocycles. The number of allylic oxidation sites excluding steroid dienone is 1. The lowest BCUT2D eigenvalue weighted by Gasteiger charge is -2.12. The van der Waals surface area contributed by atoms with E-state index in [1.165, 1.54) is 11.1 Å². The molecule has 0 aliphatic rings. The predicted octanol–water partition coefficient (Wildman–Crippen LogP) is 3.35. The van der Waals surface area contributed by atoms with Gasteiger partial charge in [0.15, 0.2) is 0 Å². The van der Waals surface area contributed by atoms with Crippen molar-refractivity contribution in [1.82, 2.24) is 0 Å². The molecule has 70 valence electrons. The SMILES string of the molecule is C=C(C)c1cc(C)cc(C)c1OC. The van der Waals surface area contributed by atoms with Crippen molar-refractivity contribution >= 4 is 5.57 Å². The fourth-order valence-electron chi connectivity index (χ4n) is 1.54. The Morgan fingerprint density at radius 1 is 1.31 bits per heavy atom. The van der Waals surface area contributed by atoms with E-state index in [2.05, 4.69) is 32.6 Å². The van der Waals surface area contributed by atoms with Crippen LogP contribution in [0.1, 0.15) is 23.6 Å². The molecular formula is C12H16O. The summed E-state index contributed by atoms with van der Waals surface area (Å²) in [6, 6.07) is 4.22. The zero-order valence-electron chi connectivity index (χ0n) is 8.77. The van der Waals surface area contributed by atoms with Gasteiger partial charge in [-0.15, -0.1) is 0 Å². The summed E-state index contributed by atoms with van der Waals surface area (Å²) in [7, 11) is 1.70. The molecule has 0 aromatic heterocycles. The lowest BCUT2D eigenvalue weighted by atomic mass is 10.0. The van der Waals surface area contributed by atoms with Crippen LogP contribution in [0, 0.1) is 13.8 Å². The monoisotopic (exact) mass is 176 g/mol. The highest BCUT2D eigenvalue weighted by Crippen LogP contribution is 2.29. The first-order valence-electron chi connectivity index (χ1n) is 4.37. The van der Waals surface area contributed by atoms with Crippen LogP contribution in [0.2, 0.25) is 0 Å². The molecule has 0 unspecified atom stereocenters. The summed E-state index contributed by atoms with van der Waals surface area (Å²) in [6.45, 7) is 10.1. The quantitative estimate of drug-likeness (QED) is 0.671. The Bertz CT molecular complexity index is 337. The van der Waals surface area contributed by atoms with Crippen LogP contribution in [0.15, 0.2) is 18.7 Å². The second-order valence-corrected chi connectivity index (χ2v) is 3.44. The number of hydrogen-bond donors (Lipinski definition) is 0. The largest absolute Gasteiger partial charge is 0.496 e. The highest BCUT2D eigenvalue weighted by molar-refractivity contribution is 5.69. The van der Waals surface area contributed by atoms with Gasteiger partial charge in [-0.2, -0.15) is 0 Å². The molecule has 0 radical (unpaired) electrons. The summed E-state index contributed by atoms with van der Waals surface area (Å²) in [5, 5.41) is 0. The molecule has 0 fully saturated rings. The lowest BCUT2D eigenvalue weighted by Crippen LogP contribution is -1.93. The molecule has 13 heavy (non-hydrogen) atoms. The minimum absolute atomic E-state index is 0.943. The maximum absolute atomic E-state index is 5.33. The Hall–Kier alpha value is -1.24. The third-order valence-electron chi connectivity index (χ3n) is 2.08. The maximum atomic E-state index is 5.33. The first kappa shape index (κ1) is 9.85. The van der Waals surface area contributed by atoms with Gasteiger partial charge in [0.1, 0.15) is 5.75 Å². The molecule has 0 heterocycles. The van der Waals surface area contributed by atoms with Crippen LogP contribution in [0.3, 0.4) is 0 Å². The van der Waals surface area contributed by atoms with Gasteiger partial charge >= 0.3 is 0 Å². The van der Waals surface area contributed by atoms with Crippen LogP contribution in [-0.2, 0) is 0 Å². The van der Waals surface area contributed by atoms with Crippen LogP contribution >= 0.6 is 0 Å². The van der Waals surface area contributed by atoms with E-state index in [1.807, 2.05) is 6.92 Å². The number of aryl methyl sites for hydroxylation is 2. The second-order valence-electron chi connectivity index (χ2n) is 3.44. The van der Waals surface area contributed by atoms with E-state index in [4.69, 9.17) is 4.74 Å². The van der Waals surface area contributed by atoms with Crippen molar-refractivity contribution in [2.45, 2.75) is 20.8 Å². The summed E-state index contributed by atoms with van der Waals surface area (Å²) in [5.74, 6) is 0.943. The summed E-state index contributed by atoms with van der Waals surface area (Å²) < 4.78 is 5.33. The van der Waals surface area contributed by atoms with Gasteiger partial charge in [-0.1, -0.05) is 12.6 Å². The molecule has 1 aromatic carbocycles. The van der Waals surface area contributed by atoms with Gasteiger partial charge in [0.05, 0.1) is 7.11 Å². The fraction of sp³-hybridized carbons (Fsp3) is 0.333. The van der Waals surface area contributed by atoms with Gasteiger partial charge in [-0.3, -0.25) is 0 Å². The summed E-state index contributed by atoms with van der Waals surface area (Å²) in [5.41, 5.74) is 4.57. The fourth-order valence-corrected chi connectivity index (χ4v) is 1.54. The molecule has 1 rings (SSSR count). The van der Waals surface area contributed by atoms with Gasteiger partial charge in [-0.05, 0) is 43.5 Å². The van der Waals surface area contributed by atoms with E-state index >= 15 is 0 Å². The standard InChI is InChI=1S/C12H16O/c1-8(2)11-7-9(3)6-10(4)12(11)13-5/h6-7H,1H2,2-5H3. The Balaban J connectivity index is 3.38. The van der Waals surface area contributed by atoms with Gasteiger partial charge in [0.25, 0.3) is 0 Å². The van der Waals surface area contributed by atoms with Gasteiger partial charge < -0.3 is 4.74 Å². The number of ether oxygens (including phenoxy) is 1. The summed E-state index contributed by atoms with van der Waals surface area (Å²) in [6.07, 6.45) is 0. The van der Waals surface area contributed by atoms with Crippen LogP contribution < -0.4 is 4.74 Å². The van der Waals surface area contributed by atoms with E-state index in [1.54, 1.807) is 7.11 Å². The third kappa shape index (κ3) is 1.92. The molecule has 1 nitrogen and oxygen atoms in total. The van der Waals surface area contributed by atoms with Crippen molar-refractivity contribution in [2.75, 3.05) is 7.11 Å². The number of methoxy groups -OCH3 is 1. The Morgan fingerprint density at radius 3 is 2.38 bits per heavy atom. The van der Waals surface area contributed by atoms with Gasteiger partial charge in [0.2, 0.25) is 0 Å². The first-order valence-corrected chi connectivity index (χ1v) is 4.37. The Kier molecular flexibility index (Phi) is 2.76. The number of hydrogen-bond acceptors (Lipinski definition) is 1. The molecule has 1 heteroatoms. The zero-order chi connectivity index (χ0) is 10.0. The molecule has 0 amide bonds. The summed E-state index contributed by atoms with van der Waals surface area (Å²) in [4.78, 5) is 0. The van der Waals surface area contributed by atoms with Crippen molar-refractivity contribution in [3.05, 3.63) is 35.4 Å². The highest BCUT2D eigenvalue weighted by atomic mass is 16.5. The topological polar surface area (TPSA) is 9.23 Å². The predicted molar refractivity (Wildman–Crippen MR) is 57.2 cm³/mol. The smallest absolute Gasteiger partial charge is 0.129 e.